The monoisotopic (exact) mass is 338 g/mol. The number of halogens is 1. The summed E-state index contributed by atoms with van der Waals surface area (Å²) in [7, 11) is 1.89. The van der Waals surface area contributed by atoms with Crippen LogP contribution in [0.4, 0.5) is 0 Å². The van der Waals surface area contributed by atoms with Gasteiger partial charge in [-0.1, -0.05) is 96.8 Å². The molecule has 128 valence electrons. The minimum atomic E-state index is -3.27. The van der Waals surface area contributed by atoms with Crippen molar-refractivity contribution in [1.29, 1.82) is 0 Å². The molecule has 0 spiro atoms. The van der Waals surface area contributed by atoms with Crippen molar-refractivity contribution >= 4 is 19.7 Å². The van der Waals surface area contributed by atoms with Crippen LogP contribution in [-0.4, -0.2) is 14.2 Å². The standard InChI is InChI=1S/C17H35ClO2S/c1-2-3-4-5-6-7-8-9-10-11-12-13-14-15-16-17-21(18,19)20/h2-17H2,1H3. The van der Waals surface area contributed by atoms with Crippen molar-refractivity contribution < 1.29 is 8.42 Å². The topological polar surface area (TPSA) is 34.1 Å². The molecule has 0 saturated heterocycles. The second-order valence-corrected chi connectivity index (χ2v) is 9.09. The van der Waals surface area contributed by atoms with Crippen molar-refractivity contribution in [2.75, 3.05) is 5.75 Å². The van der Waals surface area contributed by atoms with Gasteiger partial charge in [0.25, 0.3) is 0 Å². The quantitative estimate of drug-likeness (QED) is 0.240. The molecule has 0 aromatic heterocycles. The van der Waals surface area contributed by atoms with Gasteiger partial charge in [0.15, 0.2) is 0 Å². The maximum atomic E-state index is 10.7. The molecule has 0 aromatic rings. The summed E-state index contributed by atoms with van der Waals surface area (Å²) in [5.74, 6) is 0.132. The molecule has 0 aliphatic carbocycles. The lowest BCUT2D eigenvalue weighted by Crippen LogP contribution is -1.96. The summed E-state index contributed by atoms with van der Waals surface area (Å²) in [6, 6.07) is 0. The fraction of sp³-hybridized carbons (Fsp3) is 1.00. The summed E-state index contributed by atoms with van der Waals surface area (Å²) in [5.41, 5.74) is 0. The Morgan fingerprint density at radius 1 is 0.571 bits per heavy atom. The third-order valence-corrected chi connectivity index (χ3v) is 5.23. The first-order valence-electron chi connectivity index (χ1n) is 8.98. The summed E-state index contributed by atoms with van der Waals surface area (Å²) in [5, 5.41) is 0. The summed E-state index contributed by atoms with van der Waals surface area (Å²) in [6.45, 7) is 2.26. The Morgan fingerprint density at radius 2 is 0.857 bits per heavy atom. The number of hydrogen-bond acceptors (Lipinski definition) is 2. The van der Waals surface area contributed by atoms with E-state index in [1.54, 1.807) is 0 Å². The summed E-state index contributed by atoms with van der Waals surface area (Å²) >= 11 is 0. The number of unbranched alkanes of at least 4 members (excludes halogenated alkanes) is 14. The Morgan fingerprint density at radius 3 is 1.14 bits per heavy atom. The van der Waals surface area contributed by atoms with Crippen LogP contribution in [-0.2, 0) is 9.05 Å². The van der Waals surface area contributed by atoms with Crippen LogP contribution in [0.2, 0.25) is 0 Å². The highest BCUT2D eigenvalue weighted by Crippen LogP contribution is 2.13. The fourth-order valence-electron chi connectivity index (χ4n) is 2.65. The van der Waals surface area contributed by atoms with E-state index in [0.717, 1.165) is 12.8 Å². The Labute approximate surface area is 137 Å². The van der Waals surface area contributed by atoms with E-state index >= 15 is 0 Å². The zero-order valence-corrected chi connectivity index (χ0v) is 15.5. The molecule has 0 heterocycles. The van der Waals surface area contributed by atoms with E-state index in [9.17, 15) is 8.42 Å². The van der Waals surface area contributed by atoms with Crippen LogP contribution in [0.25, 0.3) is 0 Å². The number of rotatable bonds is 16. The highest BCUT2D eigenvalue weighted by atomic mass is 35.7. The van der Waals surface area contributed by atoms with Crippen LogP contribution < -0.4 is 0 Å². The van der Waals surface area contributed by atoms with Gasteiger partial charge in [-0.3, -0.25) is 0 Å². The van der Waals surface area contributed by atoms with E-state index in [1.807, 2.05) is 0 Å². The first kappa shape index (κ1) is 21.2. The van der Waals surface area contributed by atoms with E-state index < -0.39 is 9.05 Å². The molecule has 0 radical (unpaired) electrons. The molecule has 0 bridgehead atoms. The lowest BCUT2D eigenvalue weighted by molar-refractivity contribution is 0.534. The molecule has 2 nitrogen and oxygen atoms in total. The van der Waals surface area contributed by atoms with Crippen LogP contribution in [0.3, 0.4) is 0 Å². The molecular weight excluding hydrogens is 304 g/mol. The highest BCUT2D eigenvalue weighted by Gasteiger charge is 2.03. The van der Waals surface area contributed by atoms with Crippen molar-refractivity contribution in [2.24, 2.45) is 0 Å². The highest BCUT2D eigenvalue weighted by molar-refractivity contribution is 8.13. The second kappa shape index (κ2) is 15.1. The molecular formula is C17H35ClO2S. The minimum absolute atomic E-state index is 0.132. The van der Waals surface area contributed by atoms with Gasteiger partial charge in [-0.15, -0.1) is 0 Å². The van der Waals surface area contributed by atoms with Crippen molar-refractivity contribution in [3.05, 3.63) is 0 Å². The SMILES string of the molecule is CCCCCCCCCCCCCCCCCS(=O)(=O)Cl. The largest absolute Gasteiger partial charge is 0.232 e. The van der Waals surface area contributed by atoms with Crippen molar-refractivity contribution in [2.45, 2.75) is 103 Å². The van der Waals surface area contributed by atoms with Gasteiger partial charge in [-0.05, 0) is 6.42 Å². The lowest BCUT2D eigenvalue weighted by atomic mass is 10.0. The maximum absolute atomic E-state index is 10.7. The zero-order chi connectivity index (χ0) is 15.8. The molecule has 4 heteroatoms. The van der Waals surface area contributed by atoms with Gasteiger partial charge < -0.3 is 0 Å². The van der Waals surface area contributed by atoms with E-state index in [1.165, 1.54) is 77.0 Å². The average molecular weight is 339 g/mol. The second-order valence-electron chi connectivity index (χ2n) is 6.19. The molecule has 21 heavy (non-hydrogen) atoms. The van der Waals surface area contributed by atoms with E-state index in [0.29, 0.717) is 6.42 Å². The van der Waals surface area contributed by atoms with Crippen LogP contribution >= 0.6 is 10.7 Å². The van der Waals surface area contributed by atoms with Crippen LogP contribution in [0.15, 0.2) is 0 Å². The van der Waals surface area contributed by atoms with Gasteiger partial charge >= 0.3 is 0 Å². The summed E-state index contributed by atoms with van der Waals surface area (Å²) in [4.78, 5) is 0. The Balaban J connectivity index is 3.03. The Hall–Kier alpha value is 0.240. The van der Waals surface area contributed by atoms with Gasteiger partial charge in [0.2, 0.25) is 9.05 Å². The predicted molar refractivity (Wildman–Crippen MR) is 94.6 cm³/mol. The van der Waals surface area contributed by atoms with Crippen LogP contribution in [0, 0.1) is 0 Å². The van der Waals surface area contributed by atoms with E-state index in [-0.39, 0.29) is 5.75 Å². The molecule has 0 N–H and O–H groups in total. The Bertz CT molecular complexity index is 302. The first-order valence-corrected chi connectivity index (χ1v) is 11.5. The molecule has 0 aliphatic rings. The van der Waals surface area contributed by atoms with Gasteiger partial charge in [0.1, 0.15) is 0 Å². The molecule has 0 atom stereocenters. The van der Waals surface area contributed by atoms with E-state index in [2.05, 4.69) is 6.92 Å². The zero-order valence-electron chi connectivity index (χ0n) is 13.9. The summed E-state index contributed by atoms with van der Waals surface area (Å²) < 4.78 is 21.5. The normalized spacial score (nSPS) is 11.9. The van der Waals surface area contributed by atoms with Gasteiger partial charge in [0, 0.05) is 10.7 Å². The Kier molecular flexibility index (Phi) is 15.3. The van der Waals surface area contributed by atoms with Crippen LogP contribution in [0.5, 0.6) is 0 Å². The van der Waals surface area contributed by atoms with Gasteiger partial charge in [0.05, 0.1) is 5.75 Å². The van der Waals surface area contributed by atoms with Gasteiger partial charge in [-0.2, -0.15) is 0 Å². The van der Waals surface area contributed by atoms with E-state index in [4.69, 9.17) is 10.7 Å². The molecule has 0 unspecified atom stereocenters. The lowest BCUT2D eigenvalue weighted by Gasteiger charge is -2.03. The van der Waals surface area contributed by atoms with Crippen molar-refractivity contribution in [3.63, 3.8) is 0 Å². The van der Waals surface area contributed by atoms with Crippen LogP contribution in [0.1, 0.15) is 103 Å². The molecule has 0 saturated carbocycles. The third-order valence-electron chi connectivity index (χ3n) is 3.99. The molecule has 0 aliphatic heterocycles. The first-order chi connectivity index (χ1) is 10.1. The average Bonchev–Trinajstić information content (AvgIpc) is 2.42. The fourth-order valence-corrected chi connectivity index (χ4v) is 3.52. The predicted octanol–water partition coefficient (Wildman–Crippen LogP) is 6.43. The number of hydrogen-bond donors (Lipinski definition) is 0. The van der Waals surface area contributed by atoms with Crippen molar-refractivity contribution in [3.8, 4) is 0 Å². The maximum Gasteiger partial charge on any atom is 0.232 e. The molecule has 0 fully saturated rings. The van der Waals surface area contributed by atoms with Gasteiger partial charge in [-0.25, -0.2) is 8.42 Å². The van der Waals surface area contributed by atoms with Crippen molar-refractivity contribution in [1.82, 2.24) is 0 Å². The summed E-state index contributed by atoms with van der Waals surface area (Å²) in [6.07, 6.45) is 19.3. The minimum Gasteiger partial charge on any atom is -0.212 e. The molecule has 0 rings (SSSR count). The molecule has 0 amide bonds. The molecule has 0 aromatic carbocycles. The smallest absolute Gasteiger partial charge is 0.212 e. The third kappa shape index (κ3) is 20.2.